The number of sulfone groups is 1. The van der Waals surface area contributed by atoms with Crippen molar-refractivity contribution in [3.63, 3.8) is 0 Å². The van der Waals surface area contributed by atoms with Crippen molar-refractivity contribution in [1.29, 1.82) is 0 Å². The SMILES string of the molecule is CCCC1C(CO)OC(COCC2C(COC[C@@H](O)COc3ccc(S(=O)(=O)c4ccc(OC)cc4)cc3)OC(COCC)C(O)C2O)C(O)C1O. The van der Waals surface area contributed by atoms with Gasteiger partial charge < -0.3 is 63.8 Å². The zero-order chi connectivity index (χ0) is 37.8. The molecule has 6 N–H and O–H groups in total. The van der Waals surface area contributed by atoms with E-state index in [1.807, 2.05) is 6.92 Å². The highest BCUT2D eigenvalue weighted by Crippen LogP contribution is 2.31. The summed E-state index contributed by atoms with van der Waals surface area (Å²) >= 11 is 0. The first-order chi connectivity index (χ1) is 24.9. The molecule has 4 rings (SSSR count). The standard InChI is InChI=1S/C36H54O15S/c1-4-6-27-29(15-37)50-32(35(41)33(27)39)21-48-18-28-30(51-31(20-46-5-2)36(42)34(28)40)19-47-16-22(38)17-49-24-9-13-26(14-10-24)52(43,44)25-11-7-23(45-3)8-12-25/h7-14,22,27-42H,4-6,15-21H2,1-3H3/t22-,27?,28?,29?,30?,31?,32?,33?,34?,35?,36?/m1/s1. The molecule has 2 aromatic rings. The lowest BCUT2D eigenvalue weighted by atomic mass is 9.84. The maximum Gasteiger partial charge on any atom is 0.206 e. The molecular formula is C36H54O15S. The molecule has 52 heavy (non-hydrogen) atoms. The maximum absolute atomic E-state index is 13.0. The molecule has 2 heterocycles. The van der Waals surface area contributed by atoms with Gasteiger partial charge in [0.05, 0.1) is 81.0 Å². The molecule has 2 saturated heterocycles. The molecule has 0 saturated carbocycles. The van der Waals surface area contributed by atoms with Crippen molar-refractivity contribution in [2.24, 2.45) is 11.8 Å². The van der Waals surface area contributed by atoms with Crippen LogP contribution in [-0.4, -0.2) is 154 Å². The minimum Gasteiger partial charge on any atom is -0.497 e. The van der Waals surface area contributed by atoms with Gasteiger partial charge in [-0.05, 0) is 61.9 Å². The molecule has 0 aliphatic carbocycles. The van der Waals surface area contributed by atoms with Gasteiger partial charge in [0, 0.05) is 18.4 Å². The van der Waals surface area contributed by atoms with Gasteiger partial charge in [0.25, 0.3) is 0 Å². The third-order valence-corrected chi connectivity index (χ3v) is 11.2. The lowest BCUT2D eigenvalue weighted by molar-refractivity contribution is -0.243. The van der Waals surface area contributed by atoms with Gasteiger partial charge in [-0.3, -0.25) is 0 Å². The second kappa shape index (κ2) is 20.3. The fourth-order valence-corrected chi connectivity index (χ4v) is 7.69. The van der Waals surface area contributed by atoms with E-state index in [9.17, 15) is 39.1 Å². The third-order valence-electron chi connectivity index (χ3n) is 9.41. The van der Waals surface area contributed by atoms with Gasteiger partial charge in [-0.15, -0.1) is 0 Å². The molecule has 0 radical (unpaired) electrons. The number of aliphatic hydroxyl groups excluding tert-OH is 6. The van der Waals surface area contributed by atoms with Crippen molar-refractivity contribution in [3.8, 4) is 11.5 Å². The first-order valence-electron chi connectivity index (χ1n) is 17.6. The number of hydrogen-bond acceptors (Lipinski definition) is 15. The summed E-state index contributed by atoms with van der Waals surface area (Å²) < 4.78 is 65.6. The lowest BCUT2D eigenvalue weighted by Gasteiger charge is -2.44. The monoisotopic (exact) mass is 758 g/mol. The Bertz CT molecular complexity index is 1420. The maximum atomic E-state index is 13.0. The van der Waals surface area contributed by atoms with Crippen molar-refractivity contribution in [2.75, 3.05) is 60.0 Å². The molecule has 16 heteroatoms. The molecule has 0 aromatic heterocycles. The van der Waals surface area contributed by atoms with Gasteiger partial charge >= 0.3 is 0 Å². The summed E-state index contributed by atoms with van der Waals surface area (Å²) in [6.07, 6.45) is -7.97. The van der Waals surface area contributed by atoms with Gasteiger partial charge in [0.15, 0.2) is 0 Å². The van der Waals surface area contributed by atoms with Crippen molar-refractivity contribution < 1.29 is 72.2 Å². The van der Waals surface area contributed by atoms with Crippen LogP contribution in [0.25, 0.3) is 0 Å². The Balaban J connectivity index is 1.29. The molecular weight excluding hydrogens is 704 g/mol. The van der Waals surface area contributed by atoms with E-state index in [4.69, 9.17) is 33.2 Å². The van der Waals surface area contributed by atoms with Crippen LogP contribution in [0.1, 0.15) is 26.7 Å². The van der Waals surface area contributed by atoms with E-state index in [0.29, 0.717) is 24.5 Å². The highest BCUT2D eigenvalue weighted by atomic mass is 32.2. The van der Waals surface area contributed by atoms with Gasteiger partial charge in [0.2, 0.25) is 9.84 Å². The summed E-state index contributed by atoms with van der Waals surface area (Å²) in [6, 6.07) is 11.9. The van der Waals surface area contributed by atoms with E-state index in [0.717, 1.165) is 6.42 Å². The molecule has 0 bridgehead atoms. The van der Waals surface area contributed by atoms with Crippen LogP contribution < -0.4 is 9.47 Å². The molecule has 0 amide bonds. The molecule has 2 aromatic carbocycles. The molecule has 15 nitrogen and oxygen atoms in total. The Hall–Kier alpha value is -2.45. The number of benzene rings is 2. The second-order valence-corrected chi connectivity index (χ2v) is 15.0. The van der Waals surface area contributed by atoms with Crippen LogP contribution in [0.15, 0.2) is 58.3 Å². The molecule has 0 spiro atoms. The van der Waals surface area contributed by atoms with Crippen LogP contribution in [0, 0.1) is 11.8 Å². The van der Waals surface area contributed by atoms with E-state index < -0.39 is 76.6 Å². The summed E-state index contributed by atoms with van der Waals surface area (Å²) in [5.41, 5.74) is 0. The number of ether oxygens (including phenoxy) is 7. The van der Waals surface area contributed by atoms with Crippen molar-refractivity contribution in [2.45, 2.75) is 91.4 Å². The van der Waals surface area contributed by atoms with Gasteiger partial charge in [-0.2, -0.15) is 0 Å². The number of hydrogen-bond donors (Lipinski definition) is 6. The smallest absolute Gasteiger partial charge is 0.206 e. The lowest BCUT2D eigenvalue weighted by Crippen LogP contribution is -2.59. The average molecular weight is 759 g/mol. The van der Waals surface area contributed by atoms with E-state index in [1.54, 1.807) is 19.1 Å². The Labute approximate surface area is 304 Å². The minimum atomic E-state index is -3.76. The predicted octanol–water partition coefficient (Wildman–Crippen LogP) is 0.341. The van der Waals surface area contributed by atoms with E-state index in [1.165, 1.54) is 43.5 Å². The Morgan fingerprint density at radius 3 is 1.77 bits per heavy atom. The molecule has 11 atom stereocenters. The molecule has 2 aliphatic heterocycles. The van der Waals surface area contributed by atoms with Crippen molar-refractivity contribution in [3.05, 3.63) is 48.5 Å². The van der Waals surface area contributed by atoms with Crippen LogP contribution in [0.3, 0.4) is 0 Å². The molecule has 294 valence electrons. The van der Waals surface area contributed by atoms with Crippen molar-refractivity contribution >= 4 is 9.84 Å². The molecule has 2 fully saturated rings. The van der Waals surface area contributed by atoms with Crippen molar-refractivity contribution in [1.82, 2.24) is 0 Å². The normalized spacial score (nSPS) is 30.2. The summed E-state index contributed by atoms with van der Waals surface area (Å²) in [5, 5.41) is 63.6. The number of rotatable bonds is 20. The average Bonchev–Trinajstić information content (AvgIpc) is 3.15. The first-order valence-corrected chi connectivity index (χ1v) is 19.1. The number of aliphatic hydroxyl groups is 6. The fourth-order valence-electron chi connectivity index (χ4n) is 6.43. The molecule has 10 unspecified atom stereocenters. The van der Waals surface area contributed by atoms with Crippen LogP contribution in [0.4, 0.5) is 0 Å². The van der Waals surface area contributed by atoms with Gasteiger partial charge in [0.1, 0.15) is 48.6 Å². The predicted molar refractivity (Wildman–Crippen MR) is 185 cm³/mol. The van der Waals surface area contributed by atoms with Gasteiger partial charge in [-0.25, -0.2) is 8.42 Å². The first kappa shape index (κ1) is 42.3. The summed E-state index contributed by atoms with van der Waals surface area (Å²) in [4.78, 5) is 0.190. The number of methoxy groups -OCH3 is 1. The van der Waals surface area contributed by atoms with E-state index in [-0.39, 0.29) is 56.0 Å². The van der Waals surface area contributed by atoms with E-state index in [2.05, 4.69) is 0 Å². The zero-order valence-corrected chi connectivity index (χ0v) is 30.6. The Morgan fingerprint density at radius 2 is 1.21 bits per heavy atom. The third kappa shape index (κ3) is 10.8. The molecule has 2 aliphatic rings. The van der Waals surface area contributed by atoms with E-state index >= 15 is 0 Å². The summed E-state index contributed by atoms with van der Waals surface area (Å²) in [5.74, 6) is -0.344. The fraction of sp³-hybridized carbons (Fsp3) is 0.667. The highest BCUT2D eigenvalue weighted by Gasteiger charge is 2.46. The summed E-state index contributed by atoms with van der Waals surface area (Å²) in [6.45, 7) is 3.06. The van der Waals surface area contributed by atoms with Crippen LogP contribution >= 0.6 is 0 Å². The van der Waals surface area contributed by atoms with Crippen LogP contribution in [0.2, 0.25) is 0 Å². The zero-order valence-electron chi connectivity index (χ0n) is 29.8. The second-order valence-electron chi connectivity index (χ2n) is 13.0. The minimum absolute atomic E-state index is 0.0247. The van der Waals surface area contributed by atoms with Crippen LogP contribution in [0.5, 0.6) is 11.5 Å². The Kier molecular flexibility index (Phi) is 16.5. The quantitative estimate of drug-likeness (QED) is 0.107. The summed E-state index contributed by atoms with van der Waals surface area (Å²) in [7, 11) is -2.27. The largest absolute Gasteiger partial charge is 0.497 e. The topological polar surface area (TPSA) is 220 Å². The van der Waals surface area contributed by atoms with Crippen LogP contribution in [-0.2, 0) is 33.5 Å². The van der Waals surface area contributed by atoms with Gasteiger partial charge in [-0.1, -0.05) is 13.3 Å². The Morgan fingerprint density at radius 1 is 0.673 bits per heavy atom. The highest BCUT2D eigenvalue weighted by molar-refractivity contribution is 7.91.